The average Bonchev–Trinajstić information content (AvgIpc) is 3.29. The minimum absolute atomic E-state index is 0.278. The van der Waals surface area contributed by atoms with E-state index in [-0.39, 0.29) is 12.0 Å². The smallest absolute Gasteiger partial charge is 0.219 e. The number of rotatable bonds is 9. The maximum Gasteiger partial charge on any atom is 0.219 e. The summed E-state index contributed by atoms with van der Waals surface area (Å²) >= 11 is 0. The van der Waals surface area contributed by atoms with Crippen molar-refractivity contribution in [1.29, 1.82) is 0 Å². The van der Waals surface area contributed by atoms with Crippen molar-refractivity contribution in [2.75, 3.05) is 33.0 Å². The second-order valence-corrected chi connectivity index (χ2v) is 11.8. The summed E-state index contributed by atoms with van der Waals surface area (Å²) < 4.78 is 31.6. The molecule has 0 aromatic carbocycles. The van der Waals surface area contributed by atoms with Gasteiger partial charge < -0.3 is 99.9 Å². The summed E-state index contributed by atoms with van der Waals surface area (Å²) in [5.41, 5.74) is 0. The van der Waals surface area contributed by atoms with Crippen LogP contribution < -0.4 is 0 Å². The zero-order chi connectivity index (χ0) is 34.7. The molecule has 4 aliphatic rings. The quantitative estimate of drug-likeness (QED) is 0.107. The van der Waals surface area contributed by atoms with Crippen molar-refractivity contribution in [3.8, 4) is 0 Å². The SMILES string of the molecule is C[C@@H]1OC(CO)[C@@H](O)C(O[C@H]2OC(CO)[C@@H](O)C(O)[C@@H]2O)[C@@H]1C.OCC1O[C@H](OC2[C@@H](O)[C@@H](CO)O[C@@]2(O)CO)C(O)[C@@H](O)[C@@H]1O. The highest BCUT2D eigenvalue weighted by Gasteiger charge is 2.57. The molecule has 4 fully saturated rings. The van der Waals surface area contributed by atoms with Crippen LogP contribution in [0.15, 0.2) is 0 Å². The van der Waals surface area contributed by atoms with Gasteiger partial charge in [-0.1, -0.05) is 6.92 Å². The summed E-state index contributed by atoms with van der Waals surface area (Å²) in [7, 11) is 0. The van der Waals surface area contributed by atoms with Crippen LogP contribution in [0.4, 0.5) is 0 Å². The average molecular weight is 681 g/mol. The first-order valence-corrected chi connectivity index (χ1v) is 14.8. The minimum Gasteiger partial charge on any atom is -0.394 e. The van der Waals surface area contributed by atoms with Crippen LogP contribution in [0, 0.1) is 5.92 Å². The van der Waals surface area contributed by atoms with Gasteiger partial charge in [-0.3, -0.25) is 0 Å². The van der Waals surface area contributed by atoms with Gasteiger partial charge in [0.15, 0.2) is 12.6 Å². The molecule has 0 saturated carbocycles. The molecule has 4 saturated heterocycles. The van der Waals surface area contributed by atoms with Crippen LogP contribution >= 0.6 is 0 Å². The van der Waals surface area contributed by atoms with E-state index in [1.807, 2.05) is 0 Å². The Kier molecular flexibility index (Phi) is 14.4. The number of aliphatic hydroxyl groups excluding tert-OH is 13. The van der Waals surface area contributed by atoms with Crippen molar-refractivity contribution in [2.45, 2.75) is 124 Å². The Morgan fingerprint density at radius 3 is 1.39 bits per heavy atom. The fourth-order valence-corrected chi connectivity index (χ4v) is 5.60. The molecule has 4 aliphatic heterocycles. The number of hydrogen-bond donors (Lipinski definition) is 14. The van der Waals surface area contributed by atoms with E-state index in [9.17, 15) is 61.3 Å². The van der Waals surface area contributed by atoms with Crippen LogP contribution in [0.2, 0.25) is 0 Å². The van der Waals surface area contributed by atoms with Gasteiger partial charge in [0.25, 0.3) is 0 Å². The summed E-state index contributed by atoms with van der Waals surface area (Å²) in [5, 5.41) is 135. The molecular formula is C26H48O20. The van der Waals surface area contributed by atoms with Gasteiger partial charge in [-0.2, -0.15) is 0 Å². The van der Waals surface area contributed by atoms with Gasteiger partial charge in [0.1, 0.15) is 79.4 Å². The Bertz CT molecular complexity index is 909. The fourth-order valence-electron chi connectivity index (χ4n) is 5.60. The summed E-state index contributed by atoms with van der Waals surface area (Å²) in [5.74, 6) is -2.65. The first kappa shape index (κ1) is 39.6. The van der Waals surface area contributed by atoms with Crippen molar-refractivity contribution in [1.82, 2.24) is 0 Å². The summed E-state index contributed by atoms with van der Waals surface area (Å²) in [6.45, 7) is 0.247. The minimum atomic E-state index is -2.37. The van der Waals surface area contributed by atoms with Crippen molar-refractivity contribution in [2.24, 2.45) is 5.92 Å². The lowest BCUT2D eigenvalue weighted by Gasteiger charge is -2.46. The van der Waals surface area contributed by atoms with E-state index in [0.717, 1.165) is 0 Å². The lowest BCUT2D eigenvalue weighted by Crippen LogP contribution is -2.62. The topological polar surface area (TPSA) is 339 Å². The van der Waals surface area contributed by atoms with Crippen LogP contribution in [0.25, 0.3) is 0 Å². The van der Waals surface area contributed by atoms with E-state index in [4.69, 9.17) is 38.6 Å². The van der Waals surface area contributed by atoms with E-state index in [0.29, 0.717) is 0 Å². The van der Waals surface area contributed by atoms with Gasteiger partial charge in [0.2, 0.25) is 5.79 Å². The van der Waals surface area contributed by atoms with Crippen molar-refractivity contribution >= 4 is 0 Å². The van der Waals surface area contributed by atoms with Crippen molar-refractivity contribution in [3.63, 3.8) is 0 Å². The van der Waals surface area contributed by atoms with E-state index < -0.39 is 137 Å². The Hall–Kier alpha value is -0.800. The van der Waals surface area contributed by atoms with Gasteiger partial charge in [0, 0.05) is 5.92 Å². The van der Waals surface area contributed by atoms with Gasteiger partial charge in [-0.05, 0) is 6.92 Å². The standard InChI is InChI=1S/C14H26O9.C12H22O11/c1-5-6(2)21-8(4-16)10(18)13(5)23-14-12(20)11(19)9(17)7(3-15)22-14;13-1-4-6(16)8(18)9(19)11(21-4)22-10-7(17)5(2-14)23-12(10,20)3-15/h5-20H,3-4H2,1-2H3;4-11,13-20H,1-3H2/t5-,6+,7?,8?,9-,10-,11?,12+,13?,14-;4?,5-,6-,7+,8+,9?,10?,11-,12+/m11/s1. The molecular weight excluding hydrogens is 632 g/mol. The molecule has 0 amide bonds. The molecule has 14 N–H and O–H groups in total. The van der Waals surface area contributed by atoms with Crippen LogP contribution in [0.1, 0.15) is 13.8 Å². The Balaban J connectivity index is 0.000000250. The molecule has 4 rings (SSSR count). The molecule has 0 aliphatic carbocycles. The molecule has 46 heavy (non-hydrogen) atoms. The summed E-state index contributed by atoms with van der Waals surface area (Å²) in [6, 6.07) is 0. The highest BCUT2D eigenvalue weighted by atomic mass is 16.8. The third kappa shape index (κ3) is 8.14. The zero-order valence-electron chi connectivity index (χ0n) is 25.1. The highest BCUT2D eigenvalue weighted by Crippen LogP contribution is 2.35. The second kappa shape index (κ2) is 16.7. The Morgan fingerprint density at radius 1 is 0.522 bits per heavy atom. The molecule has 4 heterocycles. The maximum absolute atomic E-state index is 10.3. The van der Waals surface area contributed by atoms with E-state index in [1.165, 1.54) is 0 Å². The largest absolute Gasteiger partial charge is 0.394 e. The predicted octanol–water partition coefficient (Wildman–Crippen LogP) is -8.45. The zero-order valence-corrected chi connectivity index (χ0v) is 25.1. The Morgan fingerprint density at radius 2 is 0.957 bits per heavy atom. The first-order valence-electron chi connectivity index (χ1n) is 14.8. The van der Waals surface area contributed by atoms with Crippen molar-refractivity contribution in [3.05, 3.63) is 0 Å². The predicted molar refractivity (Wildman–Crippen MR) is 144 cm³/mol. The van der Waals surface area contributed by atoms with E-state index in [2.05, 4.69) is 0 Å². The Labute approximate surface area is 263 Å². The molecule has 0 aromatic heterocycles. The molecule has 20 heteroatoms. The summed E-state index contributed by atoms with van der Waals surface area (Å²) in [6.07, 6.45) is -22.5. The molecule has 272 valence electrons. The first-order chi connectivity index (χ1) is 21.6. The lowest BCUT2D eigenvalue weighted by molar-refractivity contribution is -0.342. The van der Waals surface area contributed by atoms with Gasteiger partial charge in [-0.15, -0.1) is 0 Å². The third-order valence-corrected chi connectivity index (χ3v) is 8.71. The monoisotopic (exact) mass is 680 g/mol. The van der Waals surface area contributed by atoms with Crippen LogP contribution in [0.3, 0.4) is 0 Å². The third-order valence-electron chi connectivity index (χ3n) is 8.71. The molecule has 0 radical (unpaired) electrons. The van der Waals surface area contributed by atoms with E-state index in [1.54, 1.807) is 13.8 Å². The van der Waals surface area contributed by atoms with Crippen LogP contribution in [-0.2, 0) is 28.4 Å². The molecule has 0 aromatic rings. The normalized spacial score (nSPS) is 51.4. The molecule has 19 atom stereocenters. The number of ether oxygens (including phenoxy) is 6. The second-order valence-electron chi connectivity index (χ2n) is 11.8. The molecule has 20 nitrogen and oxygen atoms in total. The van der Waals surface area contributed by atoms with E-state index >= 15 is 0 Å². The number of aliphatic hydroxyl groups is 14. The van der Waals surface area contributed by atoms with Gasteiger partial charge >= 0.3 is 0 Å². The lowest BCUT2D eigenvalue weighted by atomic mass is 9.88. The summed E-state index contributed by atoms with van der Waals surface area (Å²) in [4.78, 5) is 0. The highest BCUT2D eigenvalue weighted by molar-refractivity contribution is 4.98. The molecule has 7 unspecified atom stereocenters. The van der Waals surface area contributed by atoms with Gasteiger partial charge in [-0.25, -0.2) is 0 Å². The number of hydrogen-bond acceptors (Lipinski definition) is 20. The molecule has 0 bridgehead atoms. The van der Waals surface area contributed by atoms with Crippen LogP contribution in [0.5, 0.6) is 0 Å². The van der Waals surface area contributed by atoms with Crippen molar-refractivity contribution < 1.29 is 99.9 Å². The maximum atomic E-state index is 10.3. The van der Waals surface area contributed by atoms with Gasteiger partial charge in [0.05, 0.1) is 45.2 Å². The van der Waals surface area contributed by atoms with Crippen LogP contribution in [-0.4, -0.2) is 214 Å². The molecule has 0 spiro atoms. The fraction of sp³-hybridized carbons (Fsp3) is 1.00.